The molecule has 0 saturated carbocycles. The molecule has 7 heteroatoms. The second-order valence-electron chi connectivity index (χ2n) is 8.52. The highest BCUT2D eigenvalue weighted by Gasteiger charge is 2.39. The highest BCUT2D eigenvalue weighted by atomic mass is 16.6. The van der Waals surface area contributed by atoms with Crippen molar-refractivity contribution in [1.29, 1.82) is 0 Å². The van der Waals surface area contributed by atoms with Crippen molar-refractivity contribution in [2.45, 2.75) is 51.7 Å². The molecule has 1 aromatic carbocycles. The number of nitrogens with zero attached hydrogens (tertiary/aromatic N) is 3. The Labute approximate surface area is 171 Å². The summed E-state index contributed by atoms with van der Waals surface area (Å²) in [6.07, 6.45) is 5.77. The largest absolute Gasteiger partial charge is 0.447 e. The summed E-state index contributed by atoms with van der Waals surface area (Å²) in [5.74, 6) is 0.820. The van der Waals surface area contributed by atoms with E-state index < -0.39 is 0 Å². The van der Waals surface area contributed by atoms with Gasteiger partial charge in [-0.15, -0.1) is 0 Å². The van der Waals surface area contributed by atoms with E-state index in [4.69, 9.17) is 14.5 Å². The predicted octanol–water partition coefficient (Wildman–Crippen LogP) is 3.53. The van der Waals surface area contributed by atoms with Gasteiger partial charge in [-0.25, -0.2) is 14.8 Å². The van der Waals surface area contributed by atoms with Gasteiger partial charge in [0.2, 0.25) is 5.95 Å². The monoisotopic (exact) mass is 398 g/mol. The number of carbonyl (C=O) groups is 1. The van der Waals surface area contributed by atoms with Crippen LogP contribution in [0.5, 0.6) is 0 Å². The third-order valence-corrected chi connectivity index (χ3v) is 6.02. The number of rotatable bonds is 4. The smallest absolute Gasteiger partial charge is 0.407 e. The Morgan fingerprint density at radius 2 is 2.10 bits per heavy atom. The van der Waals surface area contributed by atoms with Gasteiger partial charge in [-0.05, 0) is 51.0 Å². The minimum absolute atomic E-state index is 0.0715. The lowest BCUT2D eigenvalue weighted by molar-refractivity contribution is -0.0705. The fourth-order valence-electron chi connectivity index (χ4n) is 4.22. The normalized spacial score (nSPS) is 21.5. The van der Waals surface area contributed by atoms with Crippen molar-refractivity contribution in [3.63, 3.8) is 0 Å². The summed E-state index contributed by atoms with van der Waals surface area (Å²) in [7, 11) is 0. The minimum atomic E-state index is -0.368. The molecule has 2 fully saturated rings. The van der Waals surface area contributed by atoms with E-state index >= 15 is 0 Å². The van der Waals surface area contributed by atoms with Crippen LogP contribution in [0.25, 0.3) is 10.9 Å². The van der Waals surface area contributed by atoms with Crippen LogP contribution in [0.15, 0.2) is 30.5 Å². The van der Waals surface area contributed by atoms with E-state index in [-0.39, 0.29) is 23.7 Å². The molecule has 29 heavy (non-hydrogen) atoms. The summed E-state index contributed by atoms with van der Waals surface area (Å²) in [5.41, 5.74) is 1.23. The quantitative estimate of drug-likeness (QED) is 0.849. The fourth-order valence-corrected chi connectivity index (χ4v) is 4.22. The van der Waals surface area contributed by atoms with Crippen molar-refractivity contribution in [3.05, 3.63) is 30.5 Å². The first-order valence-electron chi connectivity index (χ1n) is 10.6. The topological polar surface area (TPSA) is 76.6 Å². The average Bonchev–Trinajstić information content (AvgIpc) is 2.73. The van der Waals surface area contributed by atoms with E-state index in [1.54, 1.807) is 0 Å². The van der Waals surface area contributed by atoms with Gasteiger partial charge in [0, 0.05) is 31.2 Å². The van der Waals surface area contributed by atoms with E-state index in [1.165, 1.54) is 0 Å². The molecule has 0 radical (unpaired) electrons. The maximum Gasteiger partial charge on any atom is 0.407 e. The molecule has 2 aliphatic heterocycles. The van der Waals surface area contributed by atoms with E-state index in [2.05, 4.69) is 15.2 Å². The molecular weight excluding hydrogens is 368 g/mol. The fraction of sp³-hybridized carbons (Fsp3) is 0.591. The molecule has 0 bridgehead atoms. The Morgan fingerprint density at radius 3 is 2.83 bits per heavy atom. The highest BCUT2D eigenvalue weighted by molar-refractivity contribution is 5.78. The second kappa shape index (κ2) is 8.53. The summed E-state index contributed by atoms with van der Waals surface area (Å²) >= 11 is 0. The molecule has 1 amide bonds. The molecule has 2 aliphatic rings. The van der Waals surface area contributed by atoms with Gasteiger partial charge in [0.15, 0.2) is 0 Å². The van der Waals surface area contributed by atoms with Crippen molar-refractivity contribution in [3.8, 4) is 0 Å². The maximum atomic E-state index is 11.6. The number of anilines is 1. The van der Waals surface area contributed by atoms with Gasteiger partial charge >= 0.3 is 6.09 Å². The third kappa shape index (κ3) is 4.78. The second-order valence-corrected chi connectivity index (χ2v) is 8.52. The lowest BCUT2D eigenvalue weighted by Gasteiger charge is -2.45. The van der Waals surface area contributed by atoms with Crippen molar-refractivity contribution >= 4 is 22.9 Å². The number of amides is 1. The van der Waals surface area contributed by atoms with Crippen LogP contribution in [0.3, 0.4) is 0 Å². The first-order valence-corrected chi connectivity index (χ1v) is 10.6. The molecule has 156 valence electrons. The lowest BCUT2D eigenvalue weighted by Crippen LogP contribution is -2.48. The number of benzene rings is 1. The first-order chi connectivity index (χ1) is 14.0. The van der Waals surface area contributed by atoms with E-state index in [9.17, 15) is 4.79 Å². The van der Waals surface area contributed by atoms with Crippen LogP contribution in [0.1, 0.15) is 39.5 Å². The van der Waals surface area contributed by atoms with Crippen molar-refractivity contribution in [1.82, 2.24) is 15.3 Å². The summed E-state index contributed by atoms with van der Waals surface area (Å²) in [5, 5.41) is 3.88. The molecule has 0 aliphatic carbocycles. The zero-order valence-corrected chi connectivity index (χ0v) is 17.3. The number of para-hydroxylation sites is 1. The number of hydrogen-bond acceptors (Lipinski definition) is 6. The van der Waals surface area contributed by atoms with Gasteiger partial charge < -0.3 is 19.7 Å². The Kier molecular flexibility index (Phi) is 5.85. The van der Waals surface area contributed by atoms with Crippen LogP contribution in [0.4, 0.5) is 10.7 Å². The molecule has 3 heterocycles. The molecule has 2 saturated heterocycles. The van der Waals surface area contributed by atoms with Gasteiger partial charge in [0.05, 0.1) is 24.3 Å². The molecule has 7 nitrogen and oxygen atoms in total. The Bertz CT molecular complexity index is 839. The van der Waals surface area contributed by atoms with Gasteiger partial charge in [-0.2, -0.15) is 0 Å². The maximum absolute atomic E-state index is 11.6. The molecule has 1 N–H and O–H groups in total. The Balaban J connectivity index is 1.27. The number of carbonyl (C=O) groups excluding carboxylic acids is 1. The summed E-state index contributed by atoms with van der Waals surface area (Å²) < 4.78 is 11.2. The number of fused-ring (bicyclic) bond motifs is 1. The molecule has 1 atom stereocenters. The van der Waals surface area contributed by atoms with Crippen LogP contribution in [0, 0.1) is 5.41 Å². The van der Waals surface area contributed by atoms with E-state index in [1.807, 2.05) is 44.3 Å². The molecule has 1 spiro atoms. The molecule has 1 aromatic heterocycles. The number of aromatic nitrogens is 2. The third-order valence-electron chi connectivity index (χ3n) is 6.02. The zero-order valence-electron chi connectivity index (χ0n) is 17.3. The number of piperidine rings is 1. The Morgan fingerprint density at radius 1 is 1.31 bits per heavy atom. The standard InChI is InChI=1S/C22H30N4O3/c1-16(2)29-21(27)24-14-18-7-8-22(15-28-18)9-11-26(12-10-22)20-23-13-17-5-3-4-6-19(17)25-20/h3-6,13,16,18H,7-12,14-15H2,1-2H3,(H,24,27)/t18-/m1/s1. The SMILES string of the molecule is CC(C)OC(=O)NC[C@H]1CCC2(CCN(c3ncc4ccccc4n3)CC2)CO1. The summed E-state index contributed by atoms with van der Waals surface area (Å²) in [6, 6.07) is 8.09. The van der Waals surface area contributed by atoms with Crippen molar-refractivity contribution in [2.24, 2.45) is 5.41 Å². The Hall–Kier alpha value is -2.41. The van der Waals surface area contributed by atoms with Crippen LogP contribution >= 0.6 is 0 Å². The summed E-state index contributed by atoms with van der Waals surface area (Å²) in [6.45, 7) is 6.85. The van der Waals surface area contributed by atoms with E-state index in [0.29, 0.717) is 6.54 Å². The van der Waals surface area contributed by atoms with Crippen molar-refractivity contribution < 1.29 is 14.3 Å². The first kappa shape index (κ1) is 19.9. The van der Waals surface area contributed by atoms with Crippen LogP contribution in [0.2, 0.25) is 0 Å². The van der Waals surface area contributed by atoms with Gasteiger partial charge in [-0.3, -0.25) is 0 Å². The molecular formula is C22H30N4O3. The average molecular weight is 399 g/mol. The lowest BCUT2D eigenvalue weighted by atomic mass is 9.73. The molecule has 2 aromatic rings. The number of alkyl carbamates (subject to hydrolysis) is 1. The van der Waals surface area contributed by atoms with E-state index in [0.717, 1.165) is 62.2 Å². The van der Waals surface area contributed by atoms with Crippen LogP contribution < -0.4 is 10.2 Å². The predicted molar refractivity (Wildman–Crippen MR) is 112 cm³/mol. The van der Waals surface area contributed by atoms with Gasteiger partial charge in [0.25, 0.3) is 0 Å². The molecule has 0 unspecified atom stereocenters. The van der Waals surface area contributed by atoms with Gasteiger partial charge in [0.1, 0.15) is 0 Å². The van der Waals surface area contributed by atoms with Crippen LogP contribution in [-0.2, 0) is 9.47 Å². The number of nitrogens with one attached hydrogen (secondary N) is 1. The van der Waals surface area contributed by atoms with Crippen LogP contribution in [-0.4, -0.2) is 54.5 Å². The van der Waals surface area contributed by atoms with Crippen molar-refractivity contribution in [2.75, 3.05) is 31.1 Å². The number of ether oxygens (including phenoxy) is 2. The number of hydrogen-bond donors (Lipinski definition) is 1. The zero-order chi connectivity index (χ0) is 20.3. The minimum Gasteiger partial charge on any atom is -0.447 e. The summed E-state index contributed by atoms with van der Waals surface area (Å²) in [4.78, 5) is 23.2. The molecule has 4 rings (SSSR count). The van der Waals surface area contributed by atoms with Gasteiger partial charge in [-0.1, -0.05) is 18.2 Å². The highest BCUT2D eigenvalue weighted by Crippen LogP contribution is 2.41.